The predicted molar refractivity (Wildman–Crippen MR) is 65.9 cm³/mol. The molecule has 0 saturated heterocycles. The molecule has 1 aliphatic rings. The first-order chi connectivity index (χ1) is 7.50. The molecule has 94 valence electrons. The van der Waals surface area contributed by atoms with E-state index in [0.717, 1.165) is 25.8 Å². The Hall–Kier alpha value is 0.01000. The number of hydrogen-bond acceptors (Lipinski definition) is 3. The molecule has 0 aliphatic heterocycles. The van der Waals surface area contributed by atoms with Crippen LogP contribution in [0.3, 0.4) is 0 Å². The highest BCUT2D eigenvalue weighted by atomic mass is 35.5. The number of alkyl halides is 2. The van der Waals surface area contributed by atoms with Gasteiger partial charge in [0.15, 0.2) is 0 Å². The van der Waals surface area contributed by atoms with Gasteiger partial charge < -0.3 is 9.64 Å². The largest absolute Gasteiger partial charge is 0.460 e. The summed E-state index contributed by atoms with van der Waals surface area (Å²) in [5.41, 5.74) is 0. The zero-order valence-corrected chi connectivity index (χ0v) is 11.3. The first kappa shape index (κ1) is 14.1. The van der Waals surface area contributed by atoms with E-state index in [4.69, 9.17) is 27.9 Å². The average molecular weight is 268 g/mol. The molecule has 0 heterocycles. The van der Waals surface area contributed by atoms with Gasteiger partial charge >= 0.3 is 5.97 Å². The SMILES string of the molecule is CN(C)C[C@H]1CCCC[C@@H]1OC(=O)C(Cl)Cl. The summed E-state index contributed by atoms with van der Waals surface area (Å²) in [6.45, 7) is 0.938. The molecular formula is C11H19Cl2NO2. The standard InChI is InChI=1S/C11H19Cl2NO2/c1-14(2)7-8-5-3-4-6-9(8)16-11(15)10(12)13/h8-10H,3-7H2,1-2H3/t8-,9+/m1/s1. The number of halogens is 2. The molecule has 0 unspecified atom stereocenters. The fraction of sp³-hybridized carbons (Fsp3) is 0.909. The van der Waals surface area contributed by atoms with Crippen molar-refractivity contribution in [1.29, 1.82) is 0 Å². The first-order valence-corrected chi connectivity index (χ1v) is 6.51. The number of ether oxygens (including phenoxy) is 1. The lowest BCUT2D eigenvalue weighted by molar-refractivity contribution is -0.151. The van der Waals surface area contributed by atoms with Gasteiger partial charge in [0.25, 0.3) is 0 Å². The van der Waals surface area contributed by atoms with Crippen LogP contribution in [0.5, 0.6) is 0 Å². The minimum atomic E-state index is -1.07. The summed E-state index contributed by atoms with van der Waals surface area (Å²) in [7, 11) is 4.05. The van der Waals surface area contributed by atoms with Gasteiger partial charge in [0.05, 0.1) is 0 Å². The maximum absolute atomic E-state index is 11.3. The zero-order valence-electron chi connectivity index (χ0n) is 9.79. The topological polar surface area (TPSA) is 29.5 Å². The Bertz CT molecular complexity index is 234. The van der Waals surface area contributed by atoms with Crippen LogP contribution < -0.4 is 0 Å². The van der Waals surface area contributed by atoms with E-state index in [1.54, 1.807) is 0 Å². The monoisotopic (exact) mass is 267 g/mol. The molecule has 0 spiro atoms. The van der Waals surface area contributed by atoms with Gasteiger partial charge in [-0.25, -0.2) is 4.79 Å². The molecule has 2 atom stereocenters. The van der Waals surface area contributed by atoms with Crippen molar-refractivity contribution in [2.45, 2.75) is 36.6 Å². The van der Waals surface area contributed by atoms with Gasteiger partial charge in [-0.05, 0) is 33.4 Å². The summed E-state index contributed by atoms with van der Waals surface area (Å²) >= 11 is 11.0. The normalized spacial score (nSPS) is 26.1. The molecule has 1 rings (SSSR count). The zero-order chi connectivity index (χ0) is 12.1. The van der Waals surface area contributed by atoms with Gasteiger partial charge in [0.1, 0.15) is 6.10 Å². The van der Waals surface area contributed by atoms with Gasteiger partial charge in [-0.1, -0.05) is 29.6 Å². The molecule has 0 radical (unpaired) electrons. The molecule has 0 amide bonds. The van der Waals surface area contributed by atoms with Gasteiger partial charge in [-0.3, -0.25) is 0 Å². The number of hydrogen-bond donors (Lipinski definition) is 0. The Balaban J connectivity index is 2.49. The third-order valence-electron chi connectivity index (χ3n) is 2.88. The molecular weight excluding hydrogens is 249 g/mol. The van der Waals surface area contributed by atoms with Crippen LogP contribution in [0.1, 0.15) is 25.7 Å². The van der Waals surface area contributed by atoms with Crippen molar-refractivity contribution in [2.24, 2.45) is 5.92 Å². The van der Waals surface area contributed by atoms with Gasteiger partial charge in [0, 0.05) is 12.5 Å². The highest BCUT2D eigenvalue weighted by molar-refractivity contribution is 6.52. The van der Waals surface area contributed by atoms with Crippen molar-refractivity contribution < 1.29 is 9.53 Å². The van der Waals surface area contributed by atoms with Gasteiger partial charge in [-0.15, -0.1) is 0 Å². The maximum atomic E-state index is 11.3. The molecule has 0 bridgehead atoms. The Labute approximate surface area is 107 Å². The van der Waals surface area contributed by atoms with E-state index >= 15 is 0 Å². The quantitative estimate of drug-likeness (QED) is 0.579. The minimum absolute atomic E-state index is 0.0244. The summed E-state index contributed by atoms with van der Waals surface area (Å²) in [6.07, 6.45) is 4.31. The Morgan fingerprint density at radius 1 is 1.38 bits per heavy atom. The van der Waals surface area contributed by atoms with E-state index in [1.807, 2.05) is 14.1 Å². The molecule has 0 aromatic carbocycles. The second kappa shape index (κ2) is 6.67. The molecule has 1 saturated carbocycles. The molecule has 1 fully saturated rings. The second-order valence-electron chi connectivity index (χ2n) is 4.58. The molecule has 1 aliphatic carbocycles. The number of nitrogens with zero attached hydrogens (tertiary/aromatic N) is 1. The van der Waals surface area contributed by atoms with E-state index in [-0.39, 0.29) is 6.10 Å². The highest BCUT2D eigenvalue weighted by Gasteiger charge is 2.30. The van der Waals surface area contributed by atoms with Gasteiger partial charge in [-0.2, -0.15) is 0 Å². The fourth-order valence-electron chi connectivity index (χ4n) is 2.21. The van der Waals surface area contributed by atoms with Crippen LogP contribution in [0.2, 0.25) is 0 Å². The Kier molecular flexibility index (Phi) is 5.87. The van der Waals surface area contributed by atoms with Crippen LogP contribution in [0.25, 0.3) is 0 Å². The fourth-order valence-corrected chi connectivity index (χ4v) is 2.31. The van der Waals surface area contributed by atoms with Crippen molar-refractivity contribution in [1.82, 2.24) is 4.90 Å². The smallest absolute Gasteiger partial charge is 0.339 e. The minimum Gasteiger partial charge on any atom is -0.460 e. The lowest BCUT2D eigenvalue weighted by Crippen LogP contribution is -2.37. The molecule has 5 heteroatoms. The molecule has 0 N–H and O–H groups in total. The molecule has 0 aromatic rings. The van der Waals surface area contributed by atoms with E-state index in [2.05, 4.69) is 4.90 Å². The molecule has 16 heavy (non-hydrogen) atoms. The van der Waals surface area contributed by atoms with Crippen LogP contribution in [0.15, 0.2) is 0 Å². The summed E-state index contributed by atoms with van der Waals surface area (Å²) in [6, 6.07) is 0. The summed E-state index contributed by atoms with van der Waals surface area (Å²) < 4.78 is 5.34. The Morgan fingerprint density at radius 2 is 2.00 bits per heavy atom. The van der Waals surface area contributed by atoms with Crippen LogP contribution in [0, 0.1) is 5.92 Å². The van der Waals surface area contributed by atoms with Crippen LogP contribution >= 0.6 is 23.2 Å². The second-order valence-corrected chi connectivity index (χ2v) is 5.68. The van der Waals surface area contributed by atoms with Crippen LogP contribution in [-0.4, -0.2) is 42.4 Å². The number of carbonyl (C=O) groups excluding carboxylic acids is 1. The van der Waals surface area contributed by atoms with Crippen LogP contribution in [-0.2, 0) is 9.53 Å². The molecule has 3 nitrogen and oxygen atoms in total. The van der Waals surface area contributed by atoms with E-state index in [9.17, 15) is 4.79 Å². The lowest BCUT2D eigenvalue weighted by Gasteiger charge is -2.33. The van der Waals surface area contributed by atoms with E-state index in [0.29, 0.717) is 5.92 Å². The first-order valence-electron chi connectivity index (χ1n) is 5.64. The average Bonchev–Trinajstić information content (AvgIpc) is 2.20. The highest BCUT2D eigenvalue weighted by Crippen LogP contribution is 2.28. The van der Waals surface area contributed by atoms with Crippen molar-refractivity contribution >= 4 is 29.2 Å². The van der Waals surface area contributed by atoms with Crippen molar-refractivity contribution in [3.8, 4) is 0 Å². The third-order valence-corrected chi connectivity index (χ3v) is 3.24. The third kappa shape index (κ3) is 4.48. The van der Waals surface area contributed by atoms with Gasteiger partial charge in [0.2, 0.25) is 4.84 Å². The van der Waals surface area contributed by atoms with Crippen molar-refractivity contribution in [3.05, 3.63) is 0 Å². The van der Waals surface area contributed by atoms with Crippen LogP contribution in [0.4, 0.5) is 0 Å². The summed E-state index contributed by atoms with van der Waals surface area (Å²) in [5.74, 6) is -0.112. The van der Waals surface area contributed by atoms with Crippen molar-refractivity contribution in [3.63, 3.8) is 0 Å². The number of rotatable bonds is 4. The Morgan fingerprint density at radius 3 is 2.56 bits per heavy atom. The van der Waals surface area contributed by atoms with E-state index in [1.165, 1.54) is 6.42 Å². The predicted octanol–water partition coefficient (Wildman–Crippen LogP) is 2.45. The molecule has 0 aromatic heterocycles. The number of esters is 1. The number of carbonyl (C=O) groups is 1. The van der Waals surface area contributed by atoms with Crippen molar-refractivity contribution in [2.75, 3.05) is 20.6 Å². The maximum Gasteiger partial charge on any atom is 0.339 e. The summed E-state index contributed by atoms with van der Waals surface area (Å²) in [5, 5.41) is 0. The lowest BCUT2D eigenvalue weighted by atomic mass is 9.86. The summed E-state index contributed by atoms with van der Waals surface area (Å²) in [4.78, 5) is 12.4. The van der Waals surface area contributed by atoms with E-state index < -0.39 is 10.8 Å².